The molecule has 3 aromatic rings. The van der Waals surface area contributed by atoms with Gasteiger partial charge in [0.25, 0.3) is 0 Å². The zero-order valence-corrected chi connectivity index (χ0v) is 14.5. The lowest BCUT2D eigenvalue weighted by Gasteiger charge is -2.04. The van der Waals surface area contributed by atoms with Crippen LogP contribution >= 0.6 is 23.2 Å². The quantitative estimate of drug-likeness (QED) is 0.739. The highest BCUT2D eigenvalue weighted by Crippen LogP contribution is 2.34. The predicted octanol–water partition coefficient (Wildman–Crippen LogP) is 3.99. The molecule has 0 unspecified atom stereocenters. The molecule has 0 aliphatic rings. The van der Waals surface area contributed by atoms with Gasteiger partial charge in [-0.3, -0.25) is 0 Å². The van der Waals surface area contributed by atoms with Crippen LogP contribution < -0.4 is 0 Å². The Bertz CT molecular complexity index is 1020. The molecule has 2 heterocycles. The van der Waals surface area contributed by atoms with E-state index in [1.165, 1.54) is 30.3 Å². The zero-order chi connectivity index (χ0) is 17.5. The third-order valence-corrected chi connectivity index (χ3v) is 4.95. The number of rotatable bonds is 3. The number of hydrogen-bond acceptors (Lipinski definition) is 4. The van der Waals surface area contributed by atoms with Crippen molar-refractivity contribution >= 4 is 33.0 Å². The van der Waals surface area contributed by atoms with E-state index < -0.39 is 15.7 Å². The van der Waals surface area contributed by atoms with Crippen molar-refractivity contribution in [1.82, 2.24) is 15.0 Å². The molecule has 3 rings (SSSR count). The van der Waals surface area contributed by atoms with Gasteiger partial charge in [0.15, 0.2) is 15.7 Å². The van der Waals surface area contributed by atoms with E-state index in [2.05, 4.69) is 15.0 Å². The molecule has 0 atom stereocenters. The van der Waals surface area contributed by atoms with Crippen molar-refractivity contribution in [1.29, 1.82) is 0 Å². The molecule has 0 saturated heterocycles. The first-order chi connectivity index (χ1) is 11.3. The molecule has 1 aromatic carbocycles. The van der Waals surface area contributed by atoms with E-state index in [1.54, 1.807) is 0 Å². The van der Waals surface area contributed by atoms with Crippen LogP contribution in [0.1, 0.15) is 0 Å². The highest BCUT2D eigenvalue weighted by atomic mass is 35.5. The normalized spacial score (nSPS) is 11.7. The minimum Gasteiger partial charge on any atom is -0.327 e. The van der Waals surface area contributed by atoms with Crippen LogP contribution in [0.4, 0.5) is 4.39 Å². The van der Waals surface area contributed by atoms with Gasteiger partial charge in [-0.25, -0.2) is 22.8 Å². The van der Waals surface area contributed by atoms with Gasteiger partial charge in [0.05, 0.1) is 16.1 Å². The summed E-state index contributed by atoms with van der Waals surface area (Å²) in [6.45, 7) is 0. The largest absolute Gasteiger partial charge is 0.327 e. The summed E-state index contributed by atoms with van der Waals surface area (Å²) in [6.07, 6.45) is 2.16. The van der Waals surface area contributed by atoms with Gasteiger partial charge in [0.1, 0.15) is 22.4 Å². The summed E-state index contributed by atoms with van der Waals surface area (Å²) in [4.78, 5) is 11.2. The standard InChI is InChI=1S/C15H10Cl2FN3O2S/c1-24(22,23)9-3-4-10(11(16)6-9)13-14(17)21-15(20-13)12-5-2-8(18)7-19-12/h2-7H,1H3,(H,20,21). The SMILES string of the molecule is CS(=O)(=O)c1ccc(-c2nc(-c3ccc(F)cn3)[nH]c2Cl)c(Cl)c1. The molecule has 9 heteroatoms. The highest BCUT2D eigenvalue weighted by molar-refractivity contribution is 7.90. The molecule has 5 nitrogen and oxygen atoms in total. The summed E-state index contributed by atoms with van der Waals surface area (Å²) < 4.78 is 36.1. The average Bonchev–Trinajstić information content (AvgIpc) is 2.89. The molecule has 0 radical (unpaired) electrons. The van der Waals surface area contributed by atoms with E-state index in [-0.39, 0.29) is 15.1 Å². The molecule has 2 aromatic heterocycles. The Balaban J connectivity index is 2.06. The number of pyridine rings is 1. The molecule has 0 aliphatic heterocycles. The molecule has 0 spiro atoms. The number of sulfone groups is 1. The zero-order valence-electron chi connectivity index (χ0n) is 12.2. The second kappa shape index (κ2) is 6.16. The number of aromatic amines is 1. The minimum atomic E-state index is -3.37. The Morgan fingerprint density at radius 3 is 2.50 bits per heavy atom. The lowest BCUT2D eigenvalue weighted by Crippen LogP contribution is -1.97. The first-order valence-corrected chi connectivity index (χ1v) is 9.28. The Kier molecular flexibility index (Phi) is 4.33. The average molecular weight is 386 g/mol. The van der Waals surface area contributed by atoms with Gasteiger partial charge >= 0.3 is 0 Å². The van der Waals surface area contributed by atoms with Crippen molar-refractivity contribution in [2.75, 3.05) is 6.26 Å². The minimum absolute atomic E-state index is 0.100. The van der Waals surface area contributed by atoms with Gasteiger partial charge in [-0.1, -0.05) is 23.2 Å². The van der Waals surface area contributed by atoms with Crippen LogP contribution in [-0.4, -0.2) is 29.6 Å². The number of hydrogen-bond donors (Lipinski definition) is 1. The van der Waals surface area contributed by atoms with Crippen LogP contribution in [0.2, 0.25) is 10.2 Å². The molecule has 0 bridgehead atoms. The number of imidazole rings is 1. The van der Waals surface area contributed by atoms with Crippen molar-refractivity contribution in [2.24, 2.45) is 0 Å². The Labute approximate surface area is 147 Å². The van der Waals surface area contributed by atoms with Crippen LogP contribution in [0.3, 0.4) is 0 Å². The summed E-state index contributed by atoms with van der Waals surface area (Å²) in [5.41, 5.74) is 1.23. The molecule has 0 aliphatic carbocycles. The molecular formula is C15H10Cl2FN3O2S. The van der Waals surface area contributed by atoms with Crippen LogP contribution in [0.5, 0.6) is 0 Å². The van der Waals surface area contributed by atoms with Gasteiger partial charge in [0.2, 0.25) is 0 Å². The Morgan fingerprint density at radius 2 is 1.92 bits per heavy atom. The van der Waals surface area contributed by atoms with E-state index in [1.807, 2.05) is 0 Å². The van der Waals surface area contributed by atoms with E-state index in [4.69, 9.17) is 23.2 Å². The monoisotopic (exact) mass is 385 g/mol. The molecular weight excluding hydrogens is 376 g/mol. The molecule has 124 valence electrons. The van der Waals surface area contributed by atoms with Crippen LogP contribution in [-0.2, 0) is 9.84 Å². The fraction of sp³-hybridized carbons (Fsp3) is 0.0667. The number of aromatic nitrogens is 3. The van der Waals surface area contributed by atoms with Gasteiger partial charge < -0.3 is 4.98 Å². The van der Waals surface area contributed by atoms with Crippen LogP contribution in [0, 0.1) is 5.82 Å². The maximum Gasteiger partial charge on any atom is 0.175 e. The lowest BCUT2D eigenvalue weighted by atomic mass is 10.2. The maximum atomic E-state index is 13.0. The Morgan fingerprint density at radius 1 is 1.17 bits per heavy atom. The Hall–Kier alpha value is -1.96. The van der Waals surface area contributed by atoms with Gasteiger partial charge in [-0.2, -0.15) is 0 Å². The molecule has 24 heavy (non-hydrogen) atoms. The first-order valence-electron chi connectivity index (χ1n) is 6.63. The van der Waals surface area contributed by atoms with Crippen molar-refractivity contribution in [2.45, 2.75) is 4.90 Å². The molecule has 0 fully saturated rings. The number of H-pyrrole nitrogens is 1. The predicted molar refractivity (Wildman–Crippen MR) is 90.3 cm³/mol. The maximum absolute atomic E-state index is 13.0. The van der Waals surface area contributed by atoms with Gasteiger partial charge in [-0.15, -0.1) is 0 Å². The lowest BCUT2D eigenvalue weighted by molar-refractivity contribution is 0.602. The third kappa shape index (κ3) is 3.28. The third-order valence-electron chi connectivity index (χ3n) is 3.25. The fourth-order valence-corrected chi connectivity index (χ4v) is 3.30. The summed E-state index contributed by atoms with van der Waals surface area (Å²) in [7, 11) is -3.37. The number of nitrogens with zero attached hydrogens (tertiary/aromatic N) is 2. The molecule has 0 amide bonds. The van der Waals surface area contributed by atoms with Crippen LogP contribution in [0.15, 0.2) is 41.4 Å². The number of nitrogens with one attached hydrogen (secondary N) is 1. The first kappa shape index (κ1) is 16.9. The second-order valence-corrected chi connectivity index (χ2v) is 7.82. The van der Waals surface area contributed by atoms with E-state index in [0.717, 1.165) is 12.5 Å². The van der Waals surface area contributed by atoms with Crippen molar-refractivity contribution in [3.05, 3.63) is 52.5 Å². The van der Waals surface area contributed by atoms with Crippen molar-refractivity contribution in [3.63, 3.8) is 0 Å². The smallest absolute Gasteiger partial charge is 0.175 e. The van der Waals surface area contributed by atoms with E-state index in [9.17, 15) is 12.8 Å². The van der Waals surface area contributed by atoms with E-state index in [0.29, 0.717) is 22.8 Å². The highest BCUT2D eigenvalue weighted by Gasteiger charge is 2.17. The molecule has 0 saturated carbocycles. The summed E-state index contributed by atoms with van der Waals surface area (Å²) in [5, 5.41) is 0.412. The van der Waals surface area contributed by atoms with Crippen molar-refractivity contribution in [3.8, 4) is 22.8 Å². The van der Waals surface area contributed by atoms with Gasteiger partial charge in [-0.05, 0) is 30.3 Å². The molecule has 1 N–H and O–H groups in total. The van der Waals surface area contributed by atoms with Crippen LogP contribution in [0.25, 0.3) is 22.8 Å². The van der Waals surface area contributed by atoms with E-state index >= 15 is 0 Å². The summed E-state index contributed by atoms with van der Waals surface area (Å²) >= 11 is 12.3. The number of benzene rings is 1. The fourth-order valence-electron chi connectivity index (χ4n) is 2.09. The summed E-state index contributed by atoms with van der Waals surface area (Å²) in [5.74, 6) is -0.116. The second-order valence-electron chi connectivity index (χ2n) is 5.02. The number of halogens is 3. The van der Waals surface area contributed by atoms with Gasteiger partial charge in [0, 0.05) is 11.8 Å². The topological polar surface area (TPSA) is 75.7 Å². The summed E-state index contributed by atoms with van der Waals surface area (Å²) in [6, 6.07) is 7.02. The van der Waals surface area contributed by atoms with Crippen molar-refractivity contribution < 1.29 is 12.8 Å².